The van der Waals surface area contributed by atoms with E-state index in [0.717, 1.165) is 0 Å². The second-order valence-corrected chi connectivity index (χ2v) is 6.55. The van der Waals surface area contributed by atoms with Crippen molar-refractivity contribution in [3.05, 3.63) is 79.0 Å². The maximum atomic E-state index is 14.0. The summed E-state index contributed by atoms with van der Waals surface area (Å²) in [5.41, 5.74) is -0.869. The monoisotopic (exact) mass is 394 g/mol. The number of H-pyrrole nitrogens is 2. The number of rotatable bonds is 3. The van der Waals surface area contributed by atoms with Crippen molar-refractivity contribution in [2.75, 3.05) is 0 Å². The van der Waals surface area contributed by atoms with Gasteiger partial charge < -0.3 is 4.98 Å². The third kappa shape index (κ3) is 3.14. The van der Waals surface area contributed by atoms with E-state index in [4.69, 9.17) is 11.6 Å². The Morgan fingerprint density at radius 1 is 1.04 bits per heavy atom. The lowest BCUT2D eigenvalue weighted by Crippen LogP contribution is -2.23. The number of hydrogen-bond acceptors (Lipinski definition) is 4. The van der Waals surface area contributed by atoms with Gasteiger partial charge in [-0.15, -0.1) is 10.2 Å². The molecule has 2 N–H and O–H groups in total. The van der Waals surface area contributed by atoms with Gasteiger partial charge in [0.05, 0.1) is 5.56 Å². The Labute approximate surface area is 154 Å². The van der Waals surface area contributed by atoms with Gasteiger partial charge in [-0.05, 0) is 29.9 Å². The maximum Gasteiger partial charge on any atom is 0.325 e. The first kappa shape index (κ1) is 17.5. The summed E-state index contributed by atoms with van der Waals surface area (Å²) in [6.07, 6.45) is 1.57. The number of nitrogens with one attached hydrogen (secondary N) is 2. The van der Waals surface area contributed by atoms with E-state index in [0.29, 0.717) is 24.1 Å². The van der Waals surface area contributed by atoms with Gasteiger partial charge in [-0.2, -0.15) is 0 Å². The molecule has 1 aliphatic carbocycles. The molecule has 3 aromatic rings. The van der Waals surface area contributed by atoms with E-state index in [1.54, 1.807) is 0 Å². The van der Waals surface area contributed by atoms with Crippen LogP contribution < -0.4 is 11.2 Å². The van der Waals surface area contributed by atoms with Crippen LogP contribution in [0.3, 0.4) is 0 Å². The molecule has 1 fully saturated rings. The van der Waals surface area contributed by atoms with Crippen LogP contribution in [0.2, 0.25) is 5.15 Å². The van der Waals surface area contributed by atoms with Crippen LogP contribution in [-0.4, -0.2) is 20.2 Å². The molecule has 0 bridgehead atoms. The largest absolute Gasteiger partial charge is 0.325 e. The van der Waals surface area contributed by atoms with Gasteiger partial charge >= 0.3 is 5.69 Å². The molecule has 6 nitrogen and oxygen atoms in total. The highest BCUT2D eigenvalue weighted by atomic mass is 35.5. The minimum absolute atomic E-state index is 0.0371. The number of aromatic nitrogens is 4. The molecule has 1 aromatic carbocycles. The summed E-state index contributed by atoms with van der Waals surface area (Å²) < 4.78 is 41.1. The highest BCUT2D eigenvalue weighted by Crippen LogP contribution is 2.57. The van der Waals surface area contributed by atoms with E-state index in [1.165, 1.54) is 12.3 Å². The predicted molar refractivity (Wildman–Crippen MR) is 90.1 cm³/mol. The fourth-order valence-electron chi connectivity index (χ4n) is 3.15. The van der Waals surface area contributed by atoms with Gasteiger partial charge in [-0.25, -0.2) is 18.0 Å². The molecule has 4 rings (SSSR count). The fourth-order valence-corrected chi connectivity index (χ4v) is 3.38. The fraction of sp³-hybridized carbons (Fsp3) is 0.176. The van der Waals surface area contributed by atoms with Crippen LogP contribution in [0.1, 0.15) is 29.4 Å². The Morgan fingerprint density at radius 2 is 1.74 bits per heavy atom. The van der Waals surface area contributed by atoms with Crippen LogP contribution in [0.4, 0.5) is 13.2 Å². The highest BCUT2D eigenvalue weighted by Gasteiger charge is 2.44. The van der Waals surface area contributed by atoms with E-state index in [1.807, 2.05) is 0 Å². The molecule has 2 heterocycles. The molecule has 1 aliphatic rings. The van der Waals surface area contributed by atoms with E-state index >= 15 is 0 Å². The number of hydrogen-bond donors (Lipinski definition) is 2. The second kappa shape index (κ2) is 6.34. The van der Waals surface area contributed by atoms with Crippen molar-refractivity contribution in [3.8, 4) is 11.3 Å². The molecule has 0 radical (unpaired) electrons. The van der Waals surface area contributed by atoms with Gasteiger partial charge in [-0.1, -0.05) is 11.6 Å². The zero-order chi connectivity index (χ0) is 19.3. The number of benzene rings is 1. The lowest BCUT2D eigenvalue weighted by Gasteiger charge is -2.07. The Bertz CT molecular complexity index is 1150. The van der Waals surface area contributed by atoms with Crippen LogP contribution >= 0.6 is 11.6 Å². The molecular formula is C17H10ClF3N4O2. The third-order valence-electron chi connectivity index (χ3n) is 4.48. The van der Waals surface area contributed by atoms with Crippen molar-refractivity contribution in [1.82, 2.24) is 20.2 Å². The number of aromatic amines is 2. The summed E-state index contributed by atoms with van der Waals surface area (Å²) in [6.45, 7) is 0. The van der Waals surface area contributed by atoms with Crippen molar-refractivity contribution >= 4 is 11.6 Å². The van der Waals surface area contributed by atoms with Gasteiger partial charge in [0.15, 0.2) is 5.15 Å². The number of halogens is 4. The van der Waals surface area contributed by atoms with Crippen molar-refractivity contribution in [3.63, 3.8) is 0 Å². The van der Waals surface area contributed by atoms with E-state index in [-0.39, 0.29) is 27.9 Å². The Kier molecular flexibility index (Phi) is 4.11. The van der Waals surface area contributed by atoms with Gasteiger partial charge in [0.2, 0.25) is 0 Å². The maximum absolute atomic E-state index is 14.0. The predicted octanol–water partition coefficient (Wildman–Crippen LogP) is 2.86. The average Bonchev–Trinajstić information content (AvgIpc) is 3.35. The van der Waals surface area contributed by atoms with Gasteiger partial charge in [0, 0.05) is 23.9 Å². The Hall–Kier alpha value is -2.94. The molecule has 0 spiro atoms. The van der Waals surface area contributed by atoms with Crippen molar-refractivity contribution in [1.29, 1.82) is 0 Å². The first-order valence-electron chi connectivity index (χ1n) is 7.85. The molecular weight excluding hydrogens is 385 g/mol. The van der Waals surface area contributed by atoms with Crippen LogP contribution in [0.15, 0.2) is 34.0 Å². The summed E-state index contributed by atoms with van der Waals surface area (Å²) in [5, 5.41) is 7.66. The molecule has 27 heavy (non-hydrogen) atoms. The Morgan fingerprint density at radius 3 is 2.41 bits per heavy atom. The first-order valence-corrected chi connectivity index (χ1v) is 8.23. The quantitative estimate of drug-likeness (QED) is 0.714. The minimum atomic E-state index is -0.992. The lowest BCUT2D eigenvalue weighted by atomic mass is 10.0. The van der Waals surface area contributed by atoms with E-state index in [9.17, 15) is 22.8 Å². The summed E-state index contributed by atoms with van der Waals surface area (Å²) in [4.78, 5) is 27.4. The summed E-state index contributed by atoms with van der Waals surface area (Å²) in [5.74, 6) is -3.81. The van der Waals surface area contributed by atoms with Crippen molar-refractivity contribution < 1.29 is 13.2 Å². The standard InChI is InChI=1S/C17H10ClF3N4O2/c18-15-9(4-13(24-25-15)10-5-22-17(27)23-16(10)26)7-3-8(7)14-11(20)1-6(19)2-12(14)21/h1-2,4-5,7-8H,3H2,(H2,22,23,26,27)/t7-,8-/m0/s1. The average molecular weight is 395 g/mol. The molecule has 1 saturated carbocycles. The van der Waals surface area contributed by atoms with Crippen LogP contribution in [0.5, 0.6) is 0 Å². The molecule has 138 valence electrons. The van der Waals surface area contributed by atoms with Gasteiger partial charge in [0.1, 0.15) is 23.1 Å². The topological polar surface area (TPSA) is 91.5 Å². The van der Waals surface area contributed by atoms with Crippen LogP contribution in [-0.2, 0) is 0 Å². The smallest absolute Gasteiger partial charge is 0.313 e. The van der Waals surface area contributed by atoms with Gasteiger partial charge in [0.25, 0.3) is 5.56 Å². The van der Waals surface area contributed by atoms with Crippen molar-refractivity contribution in [2.45, 2.75) is 18.3 Å². The van der Waals surface area contributed by atoms with E-state index in [2.05, 4.69) is 20.2 Å². The lowest BCUT2D eigenvalue weighted by molar-refractivity contribution is 0.523. The zero-order valence-electron chi connectivity index (χ0n) is 13.4. The van der Waals surface area contributed by atoms with Crippen LogP contribution in [0.25, 0.3) is 11.3 Å². The molecule has 2 aromatic heterocycles. The van der Waals surface area contributed by atoms with Gasteiger partial charge in [-0.3, -0.25) is 9.78 Å². The molecule has 2 atom stereocenters. The minimum Gasteiger partial charge on any atom is -0.313 e. The number of nitrogens with zero attached hydrogens (tertiary/aromatic N) is 2. The molecule has 0 saturated heterocycles. The van der Waals surface area contributed by atoms with E-state index < -0.39 is 34.6 Å². The highest BCUT2D eigenvalue weighted by molar-refractivity contribution is 6.30. The zero-order valence-corrected chi connectivity index (χ0v) is 14.1. The second-order valence-electron chi connectivity index (χ2n) is 6.19. The first-order chi connectivity index (χ1) is 12.8. The summed E-state index contributed by atoms with van der Waals surface area (Å²) >= 11 is 6.08. The molecule has 10 heteroatoms. The summed E-state index contributed by atoms with van der Waals surface area (Å²) in [7, 11) is 0. The molecule has 0 unspecified atom stereocenters. The third-order valence-corrected chi connectivity index (χ3v) is 4.77. The van der Waals surface area contributed by atoms with Crippen molar-refractivity contribution in [2.24, 2.45) is 0 Å². The molecule has 0 aliphatic heterocycles. The summed E-state index contributed by atoms with van der Waals surface area (Å²) in [6, 6.07) is 2.75. The SMILES string of the molecule is O=c1[nH]cc(-c2cc([C@H]3C[C@@H]3c3c(F)cc(F)cc3F)c(Cl)nn2)c(=O)[nH]1. The normalized spacial score (nSPS) is 18.5. The van der Waals surface area contributed by atoms with Crippen LogP contribution in [0, 0.1) is 17.5 Å². The molecule has 0 amide bonds. The Balaban J connectivity index is 1.72.